The maximum Gasteiger partial charge on any atom is 0.164 e. The molecule has 3 nitrogen and oxygen atoms in total. The summed E-state index contributed by atoms with van der Waals surface area (Å²) >= 11 is 0. The molecule has 0 unspecified atom stereocenters. The predicted octanol–water partition coefficient (Wildman–Crippen LogP) is 4.02. The zero-order chi connectivity index (χ0) is 49.6. The molecule has 0 amide bonds. The van der Waals surface area contributed by atoms with Crippen LogP contribution in [0.3, 0.4) is 0 Å². The van der Waals surface area contributed by atoms with Crippen molar-refractivity contribution in [3.8, 4) is 67.5 Å². The van der Waals surface area contributed by atoms with Gasteiger partial charge >= 0.3 is 0 Å². The molecule has 0 atom stereocenters. The standard InChI is InChI=1S/C60H30B9N3/c61-48-45(35-25-23-32-28-34(24-22-33(32)29-35)40-20-11-13-31-12-7-8-18-39(31)40)49(62)53(66)50(63)46(48)58-70-57(71-59(72-58)47-51(64)54(67)56(69)55(68)52(47)65)36-26-27-42-41-19-9-10-21-43(41)60(44(42)30-36,37-14-3-1-4-15-37)38-16-5-2-6-17-38/h1-30H. The summed E-state index contributed by atoms with van der Waals surface area (Å²) in [6, 6.07) is 62.9. The van der Waals surface area contributed by atoms with Gasteiger partial charge < -0.3 is 0 Å². The Morgan fingerprint density at radius 3 is 1.40 bits per heavy atom. The number of hydrogen-bond donors (Lipinski definition) is 0. The van der Waals surface area contributed by atoms with Crippen molar-refractivity contribution in [3.05, 3.63) is 204 Å². The van der Waals surface area contributed by atoms with E-state index < -0.39 is 5.41 Å². The Morgan fingerprint density at radius 2 is 0.736 bits per heavy atom. The number of rotatable bonds is 7. The molecule has 0 bridgehead atoms. The van der Waals surface area contributed by atoms with Crippen molar-refractivity contribution in [1.82, 2.24) is 15.0 Å². The average Bonchev–Trinajstić information content (AvgIpc) is 3.72. The van der Waals surface area contributed by atoms with E-state index in [1.807, 2.05) is 42.5 Å². The van der Waals surface area contributed by atoms with E-state index in [0.29, 0.717) is 16.7 Å². The lowest BCUT2D eigenvalue weighted by Crippen LogP contribution is -2.55. The summed E-state index contributed by atoms with van der Waals surface area (Å²) in [5.74, 6) is 0.375. The number of benzene rings is 10. The Bertz CT molecular complexity index is 3980. The fraction of sp³-hybridized carbons (Fsp3) is 0.0167. The third-order valence-electron chi connectivity index (χ3n) is 14.4. The number of aromatic nitrogens is 3. The molecule has 1 aliphatic carbocycles. The molecule has 10 aromatic carbocycles. The smallest absolute Gasteiger partial charge is 0.164 e. The van der Waals surface area contributed by atoms with Crippen molar-refractivity contribution < 1.29 is 0 Å². The fourth-order valence-electron chi connectivity index (χ4n) is 10.8. The molecule has 0 spiro atoms. The molecule has 12 rings (SSSR count). The van der Waals surface area contributed by atoms with E-state index in [-0.39, 0.29) is 77.8 Å². The second-order valence-electron chi connectivity index (χ2n) is 18.2. The number of fused-ring (bicyclic) bond motifs is 5. The van der Waals surface area contributed by atoms with E-state index >= 15 is 0 Å². The van der Waals surface area contributed by atoms with Crippen LogP contribution in [0.2, 0.25) is 0 Å². The molecular weight excluding hydrogens is 860 g/mol. The quantitative estimate of drug-likeness (QED) is 0.228. The van der Waals surface area contributed by atoms with Crippen molar-refractivity contribution in [2.24, 2.45) is 0 Å². The van der Waals surface area contributed by atoms with Crippen LogP contribution >= 0.6 is 0 Å². The van der Waals surface area contributed by atoms with Gasteiger partial charge in [0.2, 0.25) is 0 Å². The summed E-state index contributed by atoms with van der Waals surface area (Å²) in [6.07, 6.45) is 0. The van der Waals surface area contributed by atoms with Crippen LogP contribution in [-0.4, -0.2) is 85.6 Å². The predicted molar refractivity (Wildman–Crippen MR) is 308 cm³/mol. The Labute approximate surface area is 431 Å². The van der Waals surface area contributed by atoms with Gasteiger partial charge in [-0.15, -0.1) is 21.9 Å². The third kappa shape index (κ3) is 6.97. The van der Waals surface area contributed by atoms with Gasteiger partial charge in [0.15, 0.2) is 17.5 Å². The Hall–Kier alpha value is -7.69. The van der Waals surface area contributed by atoms with E-state index in [1.54, 1.807) is 0 Å². The van der Waals surface area contributed by atoms with Gasteiger partial charge in [0.05, 0.1) is 5.41 Å². The van der Waals surface area contributed by atoms with Gasteiger partial charge in [0, 0.05) is 16.7 Å². The molecule has 0 saturated carbocycles. The number of hydrogen-bond acceptors (Lipinski definition) is 3. The van der Waals surface area contributed by atoms with Crippen molar-refractivity contribution in [3.63, 3.8) is 0 Å². The van der Waals surface area contributed by atoms with E-state index in [9.17, 15) is 0 Å². The highest BCUT2D eigenvalue weighted by atomic mass is 15.0. The minimum absolute atomic E-state index is 0.0320. The lowest BCUT2D eigenvalue weighted by atomic mass is 9.60. The zero-order valence-corrected chi connectivity index (χ0v) is 38.9. The highest BCUT2D eigenvalue weighted by Crippen LogP contribution is 2.56. The Balaban J connectivity index is 1.07. The van der Waals surface area contributed by atoms with Crippen molar-refractivity contribution in [1.29, 1.82) is 0 Å². The van der Waals surface area contributed by atoms with Crippen molar-refractivity contribution in [2.45, 2.75) is 5.41 Å². The van der Waals surface area contributed by atoms with Crippen LogP contribution < -0.4 is 49.2 Å². The van der Waals surface area contributed by atoms with Crippen LogP contribution in [0.1, 0.15) is 22.3 Å². The molecule has 0 N–H and O–H groups in total. The van der Waals surface area contributed by atoms with Crippen LogP contribution in [0.5, 0.6) is 0 Å². The van der Waals surface area contributed by atoms with Gasteiger partial charge in [-0.2, -0.15) is 0 Å². The maximum absolute atomic E-state index is 7.29. The molecule has 0 fully saturated rings. The van der Waals surface area contributed by atoms with E-state index in [0.717, 1.165) is 55.3 Å². The summed E-state index contributed by atoms with van der Waals surface area (Å²) in [5.41, 5.74) is 11.0. The average molecular weight is 890 g/mol. The van der Waals surface area contributed by atoms with Crippen LogP contribution in [-0.2, 0) is 5.41 Å². The Kier molecular flexibility index (Phi) is 11.1. The lowest BCUT2D eigenvalue weighted by Gasteiger charge is -2.34. The van der Waals surface area contributed by atoms with Crippen LogP contribution in [0.25, 0.3) is 89.1 Å². The van der Waals surface area contributed by atoms with E-state index in [1.165, 1.54) is 10.8 Å². The van der Waals surface area contributed by atoms with Gasteiger partial charge in [-0.1, -0.05) is 191 Å². The van der Waals surface area contributed by atoms with E-state index in [2.05, 4.69) is 140 Å². The highest BCUT2D eigenvalue weighted by molar-refractivity contribution is 6.69. The van der Waals surface area contributed by atoms with Crippen molar-refractivity contribution >= 4 is 141 Å². The van der Waals surface area contributed by atoms with Gasteiger partial charge in [-0.25, -0.2) is 15.0 Å². The monoisotopic (exact) mass is 891 g/mol. The van der Waals surface area contributed by atoms with Crippen molar-refractivity contribution in [2.75, 3.05) is 0 Å². The minimum Gasteiger partial charge on any atom is -0.208 e. The summed E-state index contributed by atoms with van der Waals surface area (Å²) in [6.45, 7) is 0. The molecule has 12 heteroatoms. The first-order valence-electron chi connectivity index (χ1n) is 23.4. The SMILES string of the molecule is [B]c1c([B])c([B])c(-c2nc(-c3ccc4c(c3)C(c3ccccc3)(c3ccccc3)c3ccccc3-4)nc(-c3c([B])c([B])c([B])c(-c4ccc5cc(-c6cccc7ccccc67)ccc5c4)c3[B])n2)c([B])c1[B]. The van der Waals surface area contributed by atoms with Gasteiger partial charge in [0.25, 0.3) is 0 Å². The van der Waals surface area contributed by atoms with Gasteiger partial charge in [-0.3, -0.25) is 0 Å². The normalized spacial score (nSPS) is 12.5. The van der Waals surface area contributed by atoms with Crippen LogP contribution in [0, 0.1) is 0 Å². The first kappa shape index (κ1) is 45.5. The van der Waals surface area contributed by atoms with Gasteiger partial charge in [0.1, 0.15) is 70.6 Å². The molecule has 72 heavy (non-hydrogen) atoms. The largest absolute Gasteiger partial charge is 0.208 e. The number of nitrogens with zero attached hydrogens (tertiary/aromatic N) is 3. The maximum atomic E-state index is 7.29. The molecule has 0 saturated heterocycles. The fourth-order valence-corrected chi connectivity index (χ4v) is 10.8. The molecule has 312 valence electrons. The summed E-state index contributed by atoms with van der Waals surface area (Å²) < 4.78 is 0. The highest BCUT2D eigenvalue weighted by Gasteiger charge is 2.46. The molecule has 1 aromatic heterocycles. The summed E-state index contributed by atoms with van der Waals surface area (Å²) in [4.78, 5) is 15.3. The second kappa shape index (κ2) is 17.6. The molecule has 18 radical (unpaired) electrons. The molecule has 1 heterocycles. The first-order valence-corrected chi connectivity index (χ1v) is 23.4. The Morgan fingerprint density at radius 1 is 0.278 bits per heavy atom. The third-order valence-corrected chi connectivity index (χ3v) is 14.4. The second-order valence-corrected chi connectivity index (χ2v) is 18.2. The van der Waals surface area contributed by atoms with Crippen LogP contribution in [0.4, 0.5) is 0 Å². The molecule has 11 aromatic rings. The first-order chi connectivity index (χ1) is 34.9. The summed E-state index contributed by atoms with van der Waals surface area (Å²) in [5, 5.41) is 4.33. The van der Waals surface area contributed by atoms with E-state index in [4.69, 9.17) is 85.6 Å². The molecule has 1 aliphatic rings. The lowest BCUT2D eigenvalue weighted by molar-refractivity contribution is 0.768. The zero-order valence-electron chi connectivity index (χ0n) is 38.9. The minimum atomic E-state index is -0.718. The summed E-state index contributed by atoms with van der Waals surface area (Å²) in [7, 11) is 60.7. The molecular formula is C60H30B9N3. The topological polar surface area (TPSA) is 38.7 Å². The van der Waals surface area contributed by atoms with Crippen LogP contribution in [0.15, 0.2) is 182 Å². The molecule has 0 aliphatic heterocycles. The van der Waals surface area contributed by atoms with Gasteiger partial charge in [-0.05, 0) is 95.4 Å².